The Hall–Kier alpha value is -1.63. The number of aliphatic carboxylic acids is 1. The van der Waals surface area contributed by atoms with E-state index in [1.807, 2.05) is 12.2 Å². The zero-order valence-electron chi connectivity index (χ0n) is 9.36. The minimum Gasteiger partial charge on any atom is -0.480 e. The molecule has 0 aliphatic heterocycles. The van der Waals surface area contributed by atoms with Gasteiger partial charge in [-0.15, -0.1) is 0 Å². The highest BCUT2D eigenvalue weighted by Gasteiger charge is 2.14. The van der Waals surface area contributed by atoms with Crippen molar-refractivity contribution in [3.05, 3.63) is 0 Å². The predicted molar refractivity (Wildman–Crippen MR) is 54.9 cm³/mol. The molecule has 0 radical (unpaired) electrons. The van der Waals surface area contributed by atoms with Crippen molar-refractivity contribution >= 4 is 18.0 Å². The zero-order chi connectivity index (χ0) is 12.6. The lowest BCUT2D eigenvalue weighted by molar-refractivity contribution is -0.138. The van der Waals surface area contributed by atoms with E-state index in [1.165, 1.54) is 4.90 Å². The molecule has 0 heterocycles. The molecular weight excluding hydrogens is 216 g/mol. The highest BCUT2D eigenvalue weighted by molar-refractivity contribution is 5.92. The molecule has 0 rings (SSSR count). The zero-order valence-corrected chi connectivity index (χ0v) is 9.36. The second-order valence-corrected chi connectivity index (χ2v) is 3.14. The maximum atomic E-state index is 11.2. The van der Waals surface area contributed by atoms with Crippen LogP contribution in [0.3, 0.4) is 0 Å². The van der Waals surface area contributed by atoms with Gasteiger partial charge in [-0.2, -0.15) is 0 Å². The van der Waals surface area contributed by atoms with Gasteiger partial charge in [0.2, 0.25) is 5.91 Å². The van der Waals surface area contributed by atoms with Crippen LogP contribution in [0.2, 0.25) is 0 Å². The van der Waals surface area contributed by atoms with Crippen LogP contribution >= 0.6 is 0 Å². The van der Waals surface area contributed by atoms with Crippen LogP contribution in [-0.4, -0.2) is 54.7 Å². The maximum Gasteiger partial charge on any atom is 0.413 e. The molecule has 0 atom stereocenters. The SMILES string of the molecule is CCCN(CC(=O)O)CC(=O)NC(=O)OC. The molecule has 0 spiro atoms. The molecule has 92 valence electrons. The molecule has 7 heteroatoms. The third-order valence-corrected chi connectivity index (χ3v) is 1.69. The molecule has 2 N–H and O–H groups in total. The molecule has 2 amide bonds. The first-order chi connectivity index (χ1) is 7.49. The smallest absolute Gasteiger partial charge is 0.413 e. The van der Waals surface area contributed by atoms with E-state index in [2.05, 4.69) is 4.74 Å². The number of nitrogens with one attached hydrogen (secondary N) is 1. The molecule has 0 aliphatic rings. The van der Waals surface area contributed by atoms with E-state index in [0.29, 0.717) is 6.54 Å². The molecule has 0 unspecified atom stereocenters. The summed E-state index contributed by atoms with van der Waals surface area (Å²) in [6.45, 7) is 1.96. The van der Waals surface area contributed by atoms with Crippen molar-refractivity contribution in [2.75, 3.05) is 26.7 Å². The van der Waals surface area contributed by atoms with Crippen LogP contribution in [-0.2, 0) is 14.3 Å². The van der Waals surface area contributed by atoms with Gasteiger partial charge in [-0.25, -0.2) is 4.79 Å². The number of alkyl carbamates (subject to hydrolysis) is 1. The third-order valence-electron chi connectivity index (χ3n) is 1.69. The molecule has 7 nitrogen and oxygen atoms in total. The van der Waals surface area contributed by atoms with Crippen molar-refractivity contribution in [3.8, 4) is 0 Å². The highest BCUT2D eigenvalue weighted by atomic mass is 16.5. The second-order valence-electron chi connectivity index (χ2n) is 3.14. The highest BCUT2D eigenvalue weighted by Crippen LogP contribution is 1.91. The Labute approximate surface area is 93.4 Å². The number of carbonyl (C=O) groups excluding carboxylic acids is 2. The summed E-state index contributed by atoms with van der Waals surface area (Å²) in [5, 5.41) is 10.5. The van der Waals surface area contributed by atoms with Gasteiger partial charge in [0.05, 0.1) is 20.2 Å². The summed E-state index contributed by atoms with van der Waals surface area (Å²) in [4.78, 5) is 33.8. The largest absolute Gasteiger partial charge is 0.480 e. The van der Waals surface area contributed by atoms with E-state index in [0.717, 1.165) is 13.5 Å². The lowest BCUT2D eigenvalue weighted by Crippen LogP contribution is -2.42. The number of imide groups is 1. The number of nitrogens with zero attached hydrogens (tertiary/aromatic N) is 1. The van der Waals surface area contributed by atoms with Crippen molar-refractivity contribution in [2.45, 2.75) is 13.3 Å². The summed E-state index contributed by atoms with van der Waals surface area (Å²) in [6, 6.07) is 0. The molecule has 0 saturated carbocycles. The predicted octanol–water partition coefficient (Wildman–Crippen LogP) is -0.334. The lowest BCUT2D eigenvalue weighted by Gasteiger charge is -2.17. The van der Waals surface area contributed by atoms with Crippen molar-refractivity contribution in [3.63, 3.8) is 0 Å². The summed E-state index contributed by atoms with van der Waals surface area (Å²) < 4.78 is 4.24. The number of carboxylic acid groups (broad SMARTS) is 1. The standard InChI is InChI=1S/C9H16N2O5/c1-3-4-11(6-8(13)14)5-7(12)10-9(15)16-2/h3-6H2,1-2H3,(H,13,14)(H,10,12,15). The average Bonchev–Trinajstić information content (AvgIpc) is 2.16. The number of amides is 2. The van der Waals surface area contributed by atoms with Crippen LogP contribution in [0.25, 0.3) is 0 Å². The minimum atomic E-state index is -1.01. The summed E-state index contributed by atoms with van der Waals surface area (Å²) >= 11 is 0. The molecule has 0 aromatic rings. The first-order valence-corrected chi connectivity index (χ1v) is 4.81. The second kappa shape index (κ2) is 7.63. The number of carbonyl (C=O) groups is 3. The van der Waals surface area contributed by atoms with E-state index in [9.17, 15) is 14.4 Å². The van der Waals surface area contributed by atoms with Crippen LogP contribution in [0.5, 0.6) is 0 Å². The van der Waals surface area contributed by atoms with Crippen molar-refractivity contribution in [1.29, 1.82) is 0 Å². The van der Waals surface area contributed by atoms with Crippen LogP contribution < -0.4 is 5.32 Å². The van der Waals surface area contributed by atoms with E-state index < -0.39 is 18.0 Å². The number of ether oxygens (including phenoxy) is 1. The number of rotatable bonds is 6. The van der Waals surface area contributed by atoms with E-state index in [4.69, 9.17) is 5.11 Å². The maximum absolute atomic E-state index is 11.2. The lowest BCUT2D eigenvalue weighted by atomic mass is 10.4. The fourth-order valence-electron chi connectivity index (χ4n) is 1.13. The van der Waals surface area contributed by atoms with Crippen LogP contribution in [0.4, 0.5) is 4.79 Å². The summed E-state index contributed by atoms with van der Waals surface area (Å²) in [6.07, 6.45) is -0.129. The van der Waals surface area contributed by atoms with Gasteiger partial charge in [-0.3, -0.25) is 19.8 Å². The quantitative estimate of drug-likeness (QED) is 0.650. The Morgan fingerprint density at radius 1 is 1.31 bits per heavy atom. The number of carboxylic acids is 1. The Morgan fingerprint density at radius 2 is 1.94 bits per heavy atom. The average molecular weight is 232 g/mol. The molecule has 0 fully saturated rings. The fraction of sp³-hybridized carbons (Fsp3) is 0.667. The van der Waals surface area contributed by atoms with E-state index >= 15 is 0 Å². The first-order valence-electron chi connectivity index (χ1n) is 4.81. The Kier molecular flexibility index (Phi) is 6.86. The molecular formula is C9H16N2O5. The fourth-order valence-corrected chi connectivity index (χ4v) is 1.13. The van der Waals surface area contributed by atoms with Gasteiger partial charge in [0.15, 0.2) is 0 Å². The van der Waals surface area contributed by atoms with Crippen LogP contribution in [0, 0.1) is 0 Å². The molecule has 16 heavy (non-hydrogen) atoms. The van der Waals surface area contributed by atoms with Crippen LogP contribution in [0.15, 0.2) is 0 Å². The van der Waals surface area contributed by atoms with Crippen molar-refractivity contribution in [1.82, 2.24) is 10.2 Å². The topological polar surface area (TPSA) is 95.9 Å². The van der Waals surface area contributed by atoms with Gasteiger partial charge in [0, 0.05) is 0 Å². The Bertz CT molecular complexity index is 267. The van der Waals surface area contributed by atoms with Gasteiger partial charge < -0.3 is 9.84 Å². The molecule has 0 aromatic carbocycles. The molecule has 0 bridgehead atoms. The van der Waals surface area contributed by atoms with Gasteiger partial charge >= 0.3 is 12.1 Å². The monoisotopic (exact) mass is 232 g/mol. The first kappa shape index (κ1) is 14.4. The van der Waals surface area contributed by atoms with Crippen molar-refractivity contribution in [2.24, 2.45) is 0 Å². The van der Waals surface area contributed by atoms with E-state index in [-0.39, 0.29) is 13.1 Å². The number of hydrogen-bond acceptors (Lipinski definition) is 5. The van der Waals surface area contributed by atoms with Crippen molar-refractivity contribution < 1.29 is 24.2 Å². The summed E-state index contributed by atoms with van der Waals surface area (Å²) in [5.41, 5.74) is 0. The molecule has 0 saturated heterocycles. The minimum absolute atomic E-state index is 0.144. The summed E-state index contributed by atoms with van der Waals surface area (Å²) in [7, 11) is 1.14. The Morgan fingerprint density at radius 3 is 2.38 bits per heavy atom. The van der Waals surface area contributed by atoms with Gasteiger partial charge in [-0.1, -0.05) is 6.92 Å². The van der Waals surface area contributed by atoms with Crippen LogP contribution in [0.1, 0.15) is 13.3 Å². The third kappa shape index (κ3) is 6.77. The number of hydrogen-bond donors (Lipinski definition) is 2. The Balaban J connectivity index is 4.11. The number of methoxy groups -OCH3 is 1. The summed E-state index contributed by atoms with van der Waals surface area (Å²) in [5.74, 6) is -1.60. The van der Waals surface area contributed by atoms with Gasteiger partial charge in [0.25, 0.3) is 0 Å². The normalized spacial score (nSPS) is 9.94. The molecule has 0 aromatic heterocycles. The van der Waals surface area contributed by atoms with Gasteiger partial charge in [0.1, 0.15) is 0 Å². The van der Waals surface area contributed by atoms with E-state index in [1.54, 1.807) is 0 Å². The molecule has 0 aliphatic carbocycles. The van der Waals surface area contributed by atoms with Gasteiger partial charge in [-0.05, 0) is 13.0 Å².